The van der Waals surface area contributed by atoms with Crippen molar-refractivity contribution in [3.8, 4) is 11.4 Å². The zero-order chi connectivity index (χ0) is 16.3. The minimum absolute atomic E-state index is 0.114. The van der Waals surface area contributed by atoms with Gasteiger partial charge in [0.25, 0.3) is 0 Å². The molecule has 0 saturated carbocycles. The first-order valence-corrected chi connectivity index (χ1v) is 8.21. The molecule has 2 aromatic rings. The number of benzene rings is 1. The van der Waals surface area contributed by atoms with Gasteiger partial charge >= 0.3 is 0 Å². The van der Waals surface area contributed by atoms with Crippen molar-refractivity contribution in [2.24, 2.45) is 0 Å². The summed E-state index contributed by atoms with van der Waals surface area (Å²) in [7, 11) is 0. The Morgan fingerprint density at radius 1 is 1.23 bits per heavy atom. The lowest BCUT2D eigenvalue weighted by Gasteiger charge is -2.19. The van der Waals surface area contributed by atoms with E-state index in [9.17, 15) is 4.79 Å². The third-order valence-electron chi connectivity index (χ3n) is 3.36. The zero-order valence-corrected chi connectivity index (χ0v) is 14.3. The summed E-state index contributed by atoms with van der Waals surface area (Å²) >= 11 is 1.44. The fourth-order valence-electron chi connectivity index (χ4n) is 1.98. The molecule has 118 valence electrons. The fraction of sp³-hybridized carbons (Fsp3) is 0.438. The van der Waals surface area contributed by atoms with Crippen LogP contribution in [0.3, 0.4) is 0 Å². The smallest absolute Gasteiger partial charge is 0.210 e. The molecule has 0 atom stereocenters. The molecule has 0 unspecified atom stereocenters. The van der Waals surface area contributed by atoms with Gasteiger partial charge in [-0.1, -0.05) is 56.8 Å². The van der Waals surface area contributed by atoms with Crippen molar-refractivity contribution in [3.05, 3.63) is 29.8 Å². The molecule has 0 aliphatic heterocycles. The van der Waals surface area contributed by atoms with Gasteiger partial charge in [-0.05, 0) is 17.9 Å². The molecule has 0 spiro atoms. The molecule has 1 aromatic heterocycles. The summed E-state index contributed by atoms with van der Waals surface area (Å²) in [5.41, 5.74) is 2.31. The molecular formula is C16H22N4OS. The quantitative estimate of drug-likeness (QED) is 0.677. The van der Waals surface area contributed by atoms with Gasteiger partial charge in [-0.15, -0.1) is 10.2 Å². The number of aromatic nitrogens is 3. The molecular weight excluding hydrogens is 296 g/mol. The number of ketones is 1. The molecule has 1 heterocycles. The van der Waals surface area contributed by atoms with Gasteiger partial charge in [-0.2, -0.15) is 0 Å². The van der Waals surface area contributed by atoms with Crippen LogP contribution in [0.5, 0.6) is 0 Å². The Hall–Kier alpha value is -1.82. The maximum Gasteiger partial charge on any atom is 0.210 e. The number of rotatable bonds is 5. The molecule has 22 heavy (non-hydrogen) atoms. The molecule has 0 amide bonds. The average Bonchev–Trinajstić information content (AvgIpc) is 2.79. The molecule has 0 fully saturated rings. The highest BCUT2D eigenvalue weighted by Crippen LogP contribution is 2.26. The van der Waals surface area contributed by atoms with Crippen LogP contribution >= 0.6 is 11.8 Å². The van der Waals surface area contributed by atoms with Crippen molar-refractivity contribution >= 4 is 17.5 Å². The maximum atomic E-state index is 11.0. The minimum atomic E-state index is 0.114. The second-order valence-electron chi connectivity index (χ2n) is 6.30. The summed E-state index contributed by atoms with van der Waals surface area (Å²) in [5.74, 6) is 7.51. The van der Waals surface area contributed by atoms with Gasteiger partial charge in [-0.25, -0.2) is 4.68 Å². The van der Waals surface area contributed by atoms with E-state index < -0.39 is 0 Å². The van der Waals surface area contributed by atoms with E-state index in [1.807, 2.05) is 12.1 Å². The van der Waals surface area contributed by atoms with Crippen molar-refractivity contribution in [1.29, 1.82) is 0 Å². The Kier molecular flexibility index (Phi) is 4.90. The van der Waals surface area contributed by atoms with Gasteiger partial charge < -0.3 is 5.84 Å². The van der Waals surface area contributed by atoms with Crippen molar-refractivity contribution in [3.63, 3.8) is 0 Å². The van der Waals surface area contributed by atoms with Crippen LogP contribution in [0.4, 0.5) is 0 Å². The molecule has 5 nitrogen and oxygen atoms in total. The molecule has 0 radical (unpaired) electrons. The van der Waals surface area contributed by atoms with Crippen LogP contribution < -0.4 is 5.84 Å². The Labute approximate surface area is 135 Å². The molecule has 0 aliphatic rings. The van der Waals surface area contributed by atoms with Crippen molar-refractivity contribution in [1.82, 2.24) is 14.9 Å². The lowest BCUT2D eigenvalue weighted by Crippen LogP contribution is -2.13. The van der Waals surface area contributed by atoms with Crippen LogP contribution in [0.15, 0.2) is 29.4 Å². The van der Waals surface area contributed by atoms with Crippen molar-refractivity contribution in [2.75, 3.05) is 11.6 Å². The van der Waals surface area contributed by atoms with Gasteiger partial charge in [0, 0.05) is 17.7 Å². The van der Waals surface area contributed by atoms with Gasteiger partial charge in [0.15, 0.2) is 5.82 Å². The number of hydrogen-bond acceptors (Lipinski definition) is 5. The number of nitrogen functional groups attached to an aromatic ring is 1. The molecule has 6 heteroatoms. The highest BCUT2D eigenvalue weighted by molar-refractivity contribution is 7.99. The molecule has 0 aliphatic carbocycles. The van der Waals surface area contributed by atoms with Gasteiger partial charge in [0.05, 0.1) is 0 Å². The van der Waals surface area contributed by atoms with E-state index >= 15 is 0 Å². The Morgan fingerprint density at radius 2 is 1.86 bits per heavy atom. The fourth-order valence-corrected chi connectivity index (χ4v) is 2.87. The largest absolute Gasteiger partial charge is 0.335 e. The van der Waals surface area contributed by atoms with Crippen LogP contribution in [-0.4, -0.2) is 26.4 Å². The van der Waals surface area contributed by atoms with Crippen LogP contribution in [-0.2, 0) is 10.2 Å². The van der Waals surface area contributed by atoms with Crippen LogP contribution in [0, 0.1) is 0 Å². The molecule has 2 N–H and O–H groups in total. The number of Topliss-reactive ketones (excluding diaryl/α,β-unsaturated/α-hetero) is 1. The molecule has 0 bridgehead atoms. The maximum absolute atomic E-state index is 11.0. The summed E-state index contributed by atoms with van der Waals surface area (Å²) in [5, 5.41) is 8.88. The topological polar surface area (TPSA) is 73.8 Å². The third-order valence-corrected chi connectivity index (χ3v) is 4.30. The summed E-state index contributed by atoms with van der Waals surface area (Å²) in [6.07, 6.45) is 0.507. The number of thioether (sulfide) groups is 1. The lowest BCUT2D eigenvalue weighted by molar-refractivity contribution is -0.116. The highest BCUT2D eigenvalue weighted by Gasteiger charge is 2.16. The first-order valence-electron chi connectivity index (χ1n) is 7.22. The second-order valence-corrected chi connectivity index (χ2v) is 7.37. The summed E-state index contributed by atoms with van der Waals surface area (Å²) in [4.78, 5) is 11.0. The predicted octanol–water partition coefficient (Wildman–Crippen LogP) is 3.03. The number of hydrogen-bond donors (Lipinski definition) is 1. The summed E-state index contributed by atoms with van der Waals surface area (Å²) in [6, 6.07) is 8.20. The first-order chi connectivity index (χ1) is 10.3. The first kappa shape index (κ1) is 16.5. The summed E-state index contributed by atoms with van der Waals surface area (Å²) < 4.78 is 1.48. The van der Waals surface area contributed by atoms with E-state index in [0.717, 1.165) is 5.56 Å². The average molecular weight is 318 g/mol. The standard InChI is InChI=1S/C16H22N4OS/c1-11(21)9-10-22-15-19-18-14(20(15)17)12-5-7-13(8-6-12)16(2,3)4/h5-8H,9-10,17H2,1-4H3. The van der Waals surface area contributed by atoms with E-state index in [1.54, 1.807) is 6.92 Å². The Bertz CT molecular complexity index is 656. The van der Waals surface area contributed by atoms with Gasteiger partial charge in [-0.3, -0.25) is 4.79 Å². The van der Waals surface area contributed by atoms with Gasteiger partial charge in [0.2, 0.25) is 5.16 Å². The summed E-state index contributed by atoms with van der Waals surface area (Å²) in [6.45, 7) is 8.11. The van der Waals surface area contributed by atoms with E-state index in [1.165, 1.54) is 22.0 Å². The molecule has 2 rings (SSSR count). The number of carbonyl (C=O) groups is 1. The predicted molar refractivity (Wildman–Crippen MR) is 90.3 cm³/mol. The molecule has 0 saturated heterocycles. The minimum Gasteiger partial charge on any atom is -0.335 e. The molecule has 1 aromatic carbocycles. The van der Waals surface area contributed by atoms with Crippen molar-refractivity contribution in [2.45, 2.75) is 44.7 Å². The van der Waals surface area contributed by atoms with Crippen LogP contribution in [0.1, 0.15) is 39.7 Å². The van der Waals surface area contributed by atoms with Crippen molar-refractivity contribution < 1.29 is 4.79 Å². The zero-order valence-electron chi connectivity index (χ0n) is 13.5. The number of carbonyl (C=O) groups excluding carboxylic acids is 1. The third kappa shape index (κ3) is 3.88. The number of nitrogens with zero attached hydrogens (tertiary/aromatic N) is 3. The van der Waals surface area contributed by atoms with E-state index in [-0.39, 0.29) is 11.2 Å². The Morgan fingerprint density at radius 3 is 2.41 bits per heavy atom. The second kappa shape index (κ2) is 6.52. The van der Waals surface area contributed by atoms with E-state index in [0.29, 0.717) is 23.2 Å². The Balaban J connectivity index is 2.16. The van der Waals surface area contributed by atoms with E-state index in [2.05, 4.69) is 43.1 Å². The highest BCUT2D eigenvalue weighted by atomic mass is 32.2. The van der Waals surface area contributed by atoms with Crippen LogP contribution in [0.25, 0.3) is 11.4 Å². The van der Waals surface area contributed by atoms with Crippen LogP contribution in [0.2, 0.25) is 0 Å². The normalized spacial score (nSPS) is 11.6. The van der Waals surface area contributed by atoms with Gasteiger partial charge in [0.1, 0.15) is 5.78 Å². The van der Waals surface area contributed by atoms with E-state index in [4.69, 9.17) is 5.84 Å². The lowest BCUT2D eigenvalue weighted by atomic mass is 9.87. The number of nitrogens with two attached hydrogens (primary N) is 1. The SMILES string of the molecule is CC(=O)CCSc1nnc(-c2ccc(C(C)(C)C)cc2)n1N. The monoisotopic (exact) mass is 318 g/mol.